The molecule has 0 aliphatic carbocycles. The third-order valence-electron chi connectivity index (χ3n) is 4.06. The smallest absolute Gasteiger partial charge is 0.217 e. The monoisotopic (exact) mass is 334 g/mol. The number of aromatic nitrogens is 3. The van der Waals surface area contributed by atoms with Crippen molar-refractivity contribution in [3.05, 3.63) is 66.0 Å². The SMILES string of the molecule is COc1ncccc1CNCc1cn[nH]c1-c1cc2ccccc2o1. The fourth-order valence-electron chi connectivity index (χ4n) is 2.84. The molecule has 0 amide bonds. The number of hydrogen-bond acceptors (Lipinski definition) is 5. The van der Waals surface area contributed by atoms with E-state index >= 15 is 0 Å². The summed E-state index contributed by atoms with van der Waals surface area (Å²) in [6.45, 7) is 1.31. The summed E-state index contributed by atoms with van der Waals surface area (Å²) in [7, 11) is 1.63. The molecule has 0 radical (unpaired) electrons. The molecular formula is C19H18N4O2. The van der Waals surface area contributed by atoms with Crippen molar-refractivity contribution in [2.24, 2.45) is 0 Å². The first-order chi connectivity index (χ1) is 12.3. The predicted molar refractivity (Wildman–Crippen MR) is 95.1 cm³/mol. The molecule has 0 saturated carbocycles. The van der Waals surface area contributed by atoms with Gasteiger partial charge in [-0.3, -0.25) is 5.10 Å². The van der Waals surface area contributed by atoms with E-state index < -0.39 is 0 Å². The average Bonchev–Trinajstić information content (AvgIpc) is 3.28. The second-order valence-electron chi connectivity index (χ2n) is 5.69. The third-order valence-corrected chi connectivity index (χ3v) is 4.06. The molecule has 0 saturated heterocycles. The number of pyridine rings is 1. The van der Waals surface area contributed by atoms with Crippen molar-refractivity contribution in [2.45, 2.75) is 13.1 Å². The first-order valence-corrected chi connectivity index (χ1v) is 8.05. The second kappa shape index (κ2) is 6.78. The summed E-state index contributed by atoms with van der Waals surface area (Å²) in [5, 5.41) is 11.7. The molecule has 25 heavy (non-hydrogen) atoms. The molecule has 2 N–H and O–H groups in total. The van der Waals surface area contributed by atoms with Gasteiger partial charge in [0.05, 0.1) is 13.3 Å². The fraction of sp³-hybridized carbons (Fsp3) is 0.158. The van der Waals surface area contributed by atoms with Crippen LogP contribution in [-0.2, 0) is 13.1 Å². The van der Waals surface area contributed by atoms with Gasteiger partial charge in [-0.05, 0) is 18.2 Å². The number of hydrogen-bond donors (Lipinski definition) is 2. The van der Waals surface area contributed by atoms with Crippen LogP contribution in [-0.4, -0.2) is 22.3 Å². The summed E-state index contributed by atoms with van der Waals surface area (Å²) in [6, 6.07) is 13.9. The number of rotatable bonds is 6. The van der Waals surface area contributed by atoms with Gasteiger partial charge in [-0.15, -0.1) is 0 Å². The van der Waals surface area contributed by atoms with Crippen LogP contribution < -0.4 is 10.1 Å². The number of methoxy groups -OCH3 is 1. The maximum absolute atomic E-state index is 5.93. The summed E-state index contributed by atoms with van der Waals surface area (Å²) in [6.07, 6.45) is 3.54. The Morgan fingerprint density at radius 1 is 1.12 bits per heavy atom. The van der Waals surface area contributed by atoms with Crippen LogP contribution in [0.3, 0.4) is 0 Å². The molecule has 0 spiro atoms. The van der Waals surface area contributed by atoms with Gasteiger partial charge in [0, 0.05) is 35.8 Å². The summed E-state index contributed by atoms with van der Waals surface area (Å²) in [4.78, 5) is 4.21. The highest BCUT2D eigenvalue weighted by atomic mass is 16.5. The molecule has 3 aromatic heterocycles. The lowest BCUT2D eigenvalue weighted by Gasteiger charge is -2.08. The van der Waals surface area contributed by atoms with Gasteiger partial charge >= 0.3 is 0 Å². The van der Waals surface area contributed by atoms with Gasteiger partial charge < -0.3 is 14.5 Å². The van der Waals surface area contributed by atoms with Gasteiger partial charge in [0.2, 0.25) is 5.88 Å². The van der Waals surface area contributed by atoms with Crippen LogP contribution in [0.5, 0.6) is 5.88 Å². The molecule has 4 rings (SSSR count). The zero-order valence-corrected chi connectivity index (χ0v) is 13.8. The van der Waals surface area contributed by atoms with E-state index in [4.69, 9.17) is 9.15 Å². The van der Waals surface area contributed by atoms with Crippen molar-refractivity contribution in [3.8, 4) is 17.3 Å². The Hall–Kier alpha value is -3.12. The lowest BCUT2D eigenvalue weighted by molar-refractivity contribution is 0.390. The number of ether oxygens (including phenoxy) is 1. The molecule has 6 heteroatoms. The Bertz CT molecular complexity index is 957. The van der Waals surface area contributed by atoms with Crippen molar-refractivity contribution >= 4 is 11.0 Å². The Balaban J connectivity index is 1.50. The molecule has 4 aromatic rings. The average molecular weight is 334 g/mol. The van der Waals surface area contributed by atoms with Crippen molar-refractivity contribution in [2.75, 3.05) is 7.11 Å². The Morgan fingerprint density at radius 2 is 2.00 bits per heavy atom. The first-order valence-electron chi connectivity index (χ1n) is 8.05. The van der Waals surface area contributed by atoms with Gasteiger partial charge in [0.25, 0.3) is 0 Å². The lowest BCUT2D eigenvalue weighted by atomic mass is 10.2. The molecule has 6 nitrogen and oxygen atoms in total. The van der Waals surface area contributed by atoms with Crippen molar-refractivity contribution in [3.63, 3.8) is 0 Å². The van der Waals surface area contributed by atoms with E-state index in [1.165, 1.54) is 0 Å². The summed E-state index contributed by atoms with van der Waals surface area (Å²) in [5.41, 5.74) is 3.81. The minimum atomic E-state index is 0.639. The molecule has 3 heterocycles. The Labute approximate surface area is 144 Å². The maximum atomic E-state index is 5.93. The van der Waals surface area contributed by atoms with Crippen LogP contribution in [0, 0.1) is 0 Å². The number of H-pyrrole nitrogens is 1. The van der Waals surface area contributed by atoms with E-state index in [1.54, 1.807) is 13.3 Å². The zero-order valence-electron chi connectivity index (χ0n) is 13.8. The Morgan fingerprint density at radius 3 is 2.88 bits per heavy atom. The topological polar surface area (TPSA) is 76.0 Å². The quantitative estimate of drug-likeness (QED) is 0.564. The maximum Gasteiger partial charge on any atom is 0.217 e. The first kappa shape index (κ1) is 15.4. The predicted octanol–water partition coefficient (Wildman–Crippen LogP) is 3.52. The molecule has 0 aliphatic heterocycles. The van der Waals surface area contributed by atoms with E-state index in [1.807, 2.05) is 48.7 Å². The van der Waals surface area contributed by atoms with Gasteiger partial charge in [0.1, 0.15) is 11.3 Å². The summed E-state index contributed by atoms with van der Waals surface area (Å²) < 4.78 is 11.2. The summed E-state index contributed by atoms with van der Waals surface area (Å²) in [5.74, 6) is 1.43. The highest BCUT2D eigenvalue weighted by Crippen LogP contribution is 2.28. The Kier molecular flexibility index (Phi) is 4.18. The number of para-hydroxylation sites is 1. The number of nitrogens with one attached hydrogen (secondary N) is 2. The minimum absolute atomic E-state index is 0.639. The highest BCUT2D eigenvalue weighted by molar-refractivity contribution is 5.82. The largest absolute Gasteiger partial charge is 0.481 e. The van der Waals surface area contributed by atoms with Crippen LogP contribution in [0.4, 0.5) is 0 Å². The fourth-order valence-corrected chi connectivity index (χ4v) is 2.84. The number of nitrogens with zero attached hydrogens (tertiary/aromatic N) is 2. The van der Waals surface area contributed by atoms with E-state index in [0.717, 1.165) is 33.6 Å². The van der Waals surface area contributed by atoms with E-state index in [2.05, 4.69) is 20.5 Å². The van der Waals surface area contributed by atoms with Crippen molar-refractivity contribution < 1.29 is 9.15 Å². The molecule has 0 unspecified atom stereocenters. The number of aromatic amines is 1. The van der Waals surface area contributed by atoms with Crippen LogP contribution in [0.2, 0.25) is 0 Å². The van der Waals surface area contributed by atoms with E-state index in [9.17, 15) is 0 Å². The highest BCUT2D eigenvalue weighted by Gasteiger charge is 2.13. The second-order valence-corrected chi connectivity index (χ2v) is 5.69. The number of fused-ring (bicyclic) bond motifs is 1. The normalized spacial score (nSPS) is 11.1. The molecule has 0 aliphatic rings. The minimum Gasteiger partial charge on any atom is -0.481 e. The van der Waals surface area contributed by atoms with Gasteiger partial charge in [-0.25, -0.2) is 4.98 Å². The van der Waals surface area contributed by atoms with Crippen LogP contribution in [0.15, 0.2) is 59.3 Å². The standard InChI is InChI=1S/C19H18N4O2/c1-24-19-14(6-4-8-21-19)10-20-11-15-12-22-23-18(15)17-9-13-5-2-3-7-16(13)25-17/h2-9,12,20H,10-11H2,1H3,(H,22,23). The molecule has 0 fully saturated rings. The zero-order chi connectivity index (χ0) is 17.1. The van der Waals surface area contributed by atoms with Gasteiger partial charge in [-0.2, -0.15) is 5.10 Å². The van der Waals surface area contributed by atoms with Crippen LogP contribution in [0.1, 0.15) is 11.1 Å². The number of furan rings is 1. The van der Waals surface area contributed by atoms with E-state index in [-0.39, 0.29) is 0 Å². The molecule has 126 valence electrons. The molecule has 1 aromatic carbocycles. The van der Waals surface area contributed by atoms with Crippen molar-refractivity contribution in [1.29, 1.82) is 0 Å². The van der Waals surface area contributed by atoms with Crippen LogP contribution in [0.25, 0.3) is 22.4 Å². The molecular weight excluding hydrogens is 316 g/mol. The van der Waals surface area contributed by atoms with Crippen LogP contribution >= 0.6 is 0 Å². The lowest BCUT2D eigenvalue weighted by Crippen LogP contribution is -2.13. The third kappa shape index (κ3) is 3.12. The van der Waals surface area contributed by atoms with E-state index in [0.29, 0.717) is 19.0 Å². The molecule has 0 atom stereocenters. The van der Waals surface area contributed by atoms with Gasteiger partial charge in [-0.1, -0.05) is 24.3 Å². The molecule has 0 bridgehead atoms. The van der Waals surface area contributed by atoms with Crippen molar-refractivity contribution in [1.82, 2.24) is 20.5 Å². The van der Waals surface area contributed by atoms with Gasteiger partial charge in [0.15, 0.2) is 5.76 Å². The number of benzene rings is 1. The summed E-state index contributed by atoms with van der Waals surface area (Å²) >= 11 is 0.